The van der Waals surface area contributed by atoms with E-state index in [1.807, 2.05) is 36.4 Å². The summed E-state index contributed by atoms with van der Waals surface area (Å²) in [5.41, 5.74) is 2.74. The molecule has 1 aliphatic heterocycles. The molecule has 2 aromatic rings. The van der Waals surface area contributed by atoms with Gasteiger partial charge in [-0.15, -0.1) is 0 Å². The number of aromatic carboxylic acids is 1. The monoisotopic (exact) mass is 334 g/mol. The van der Waals surface area contributed by atoms with Gasteiger partial charge in [0.15, 0.2) is 0 Å². The molecule has 0 spiro atoms. The van der Waals surface area contributed by atoms with E-state index in [4.69, 9.17) is 0 Å². The van der Waals surface area contributed by atoms with Crippen LogP contribution in [0.5, 0.6) is 0 Å². The number of benzene rings is 2. The molecule has 1 N–H and O–H groups in total. The minimum atomic E-state index is -0.910. The van der Waals surface area contributed by atoms with Gasteiger partial charge in [0, 0.05) is 30.3 Å². The van der Waals surface area contributed by atoms with Gasteiger partial charge in [-0.25, -0.2) is 4.79 Å². The summed E-state index contributed by atoms with van der Waals surface area (Å²) in [7, 11) is 4.13. The van der Waals surface area contributed by atoms with Crippen LogP contribution in [-0.2, 0) is 0 Å². The fourth-order valence-corrected chi connectivity index (χ4v) is 3.19. The molecule has 0 amide bonds. The minimum Gasteiger partial charge on any atom is -0.478 e. The average Bonchev–Trinajstić information content (AvgIpc) is 3.10. The van der Waals surface area contributed by atoms with E-state index in [-0.39, 0.29) is 0 Å². The summed E-state index contributed by atoms with van der Waals surface area (Å²) >= 11 is 0. The number of anilines is 1. The van der Waals surface area contributed by atoms with Crippen molar-refractivity contribution in [1.29, 1.82) is 0 Å². The van der Waals surface area contributed by atoms with Crippen LogP contribution in [0.3, 0.4) is 0 Å². The molecule has 1 unspecified atom stereocenters. The van der Waals surface area contributed by atoms with Gasteiger partial charge in [0.1, 0.15) is 0 Å². The Morgan fingerprint density at radius 2 is 1.88 bits per heavy atom. The molecule has 1 fully saturated rings. The van der Waals surface area contributed by atoms with Gasteiger partial charge in [0.25, 0.3) is 0 Å². The molecule has 3 rings (SSSR count). The average molecular weight is 334 g/mol. The third-order valence-electron chi connectivity index (χ3n) is 4.59. The standard InChI is InChI=1S/C21H22N2O2/c1-22(2)18-13-14-23(15-18)20-17(9-6-10-19(20)21(24)25)12-11-16-7-4-3-5-8-16/h3-10,18H,13-15H2,1-2H3,(H,24,25). The molecule has 2 aromatic carbocycles. The molecule has 4 nitrogen and oxygen atoms in total. The number of carbonyl (C=O) groups is 1. The molecule has 0 aliphatic carbocycles. The number of hydrogen-bond donors (Lipinski definition) is 1. The Kier molecular flexibility index (Phi) is 5.06. The topological polar surface area (TPSA) is 43.8 Å². The second-order valence-corrected chi connectivity index (χ2v) is 6.48. The second kappa shape index (κ2) is 7.42. The Morgan fingerprint density at radius 3 is 2.52 bits per heavy atom. The predicted octanol–water partition coefficient (Wildman–Crippen LogP) is 2.92. The first-order chi connectivity index (χ1) is 12.1. The van der Waals surface area contributed by atoms with Gasteiger partial charge in [-0.3, -0.25) is 0 Å². The molecule has 4 heteroatoms. The molecule has 25 heavy (non-hydrogen) atoms. The van der Waals surface area contributed by atoms with Crippen LogP contribution < -0.4 is 4.90 Å². The lowest BCUT2D eigenvalue weighted by molar-refractivity contribution is 0.0697. The van der Waals surface area contributed by atoms with Crippen LogP contribution >= 0.6 is 0 Å². The first-order valence-corrected chi connectivity index (χ1v) is 8.41. The summed E-state index contributed by atoms with van der Waals surface area (Å²) in [6.07, 6.45) is 1.02. The van der Waals surface area contributed by atoms with Gasteiger partial charge < -0.3 is 14.9 Å². The molecule has 1 saturated heterocycles. The number of nitrogens with zero attached hydrogens (tertiary/aromatic N) is 2. The Morgan fingerprint density at radius 1 is 1.12 bits per heavy atom. The maximum Gasteiger partial charge on any atom is 0.337 e. The Labute approximate surface area is 148 Å². The Balaban J connectivity index is 2.00. The van der Waals surface area contributed by atoms with Crippen molar-refractivity contribution in [2.45, 2.75) is 12.5 Å². The molecule has 1 atom stereocenters. The van der Waals surface area contributed by atoms with Crippen LogP contribution in [0.4, 0.5) is 5.69 Å². The van der Waals surface area contributed by atoms with E-state index in [1.54, 1.807) is 12.1 Å². The van der Waals surface area contributed by atoms with Gasteiger partial charge in [-0.1, -0.05) is 36.1 Å². The van der Waals surface area contributed by atoms with E-state index in [1.165, 1.54) is 0 Å². The SMILES string of the molecule is CN(C)C1CCN(c2c(C#Cc3ccccc3)cccc2C(=O)O)C1. The molecule has 0 saturated carbocycles. The van der Waals surface area contributed by atoms with E-state index in [0.717, 1.165) is 36.3 Å². The highest BCUT2D eigenvalue weighted by Gasteiger charge is 2.28. The van der Waals surface area contributed by atoms with Crippen molar-refractivity contribution in [2.75, 3.05) is 32.1 Å². The van der Waals surface area contributed by atoms with Gasteiger partial charge in [0.05, 0.1) is 11.3 Å². The summed E-state index contributed by atoms with van der Waals surface area (Å²) in [6.45, 7) is 1.66. The van der Waals surface area contributed by atoms with Gasteiger partial charge in [-0.05, 0) is 44.8 Å². The van der Waals surface area contributed by atoms with Crippen molar-refractivity contribution in [3.05, 3.63) is 65.2 Å². The molecule has 0 aromatic heterocycles. The van der Waals surface area contributed by atoms with Crippen molar-refractivity contribution in [3.8, 4) is 11.8 Å². The Hall–Kier alpha value is -2.77. The zero-order valence-electron chi connectivity index (χ0n) is 14.6. The highest BCUT2D eigenvalue weighted by atomic mass is 16.4. The van der Waals surface area contributed by atoms with E-state index in [2.05, 4.69) is 35.7 Å². The molecular weight excluding hydrogens is 312 g/mol. The summed E-state index contributed by atoms with van der Waals surface area (Å²) in [4.78, 5) is 16.1. The first-order valence-electron chi connectivity index (χ1n) is 8.41. The van der Waals surface area contributed by atoms with Crippen molar-refractivity contribution in [1.82, 2.24) is 4.90 Å². The van der Waals surface area contributed by atoms with Crippen molar-refractivity contribution in [2.24, 2.45) is 0 Å². The number of likely N-dealkylation sites (N-methyl/N-ethyl adjacent to an activating group) is 1. The second-order valence-electron chi connectivity index (χ2n) is 6.48. The normalized spacial score (nSPS) is 16.6. The third-order valence-corrected chi connectivity index (χ3v) is 4.59. The molecule has 1 heterocycles. The largest absolute Gasteiger partial charge is 0.478 e. The van der Waals surface area contributed by atoms with Crippen LogP contribution in [0.2, 0.25) is 0 Å². The van der Waals surface area contributed by atoms with E-state index in [9.17, 15) is 9.90 Å². The van der Waals surface area contributed by atoms with E-state index >= 15 is 0 Å². The third kappa shape index (κ3) is 3.84. The quantitative estimate of drug-likeness (QED) is 0.877. The van der Waals surface area contributed by atoms with Crippen LogP contribution in [0, 0.1) is 11.8 Å². The highest BCUT2D eigenvalue weighted by Crippen LogP contribution is 2.29. The predicted molar refractivity (Wildman–Crippen MR) is 100 cm³/mol. The highest BCUT2D eigenvalue weighted by molar-refractivity contribution is 5.96. The fourth-order valence-electron chi connectivity index (χ4n) is 3.19. The molecule has 0 bridgehead atoms. The van der Waals surface area contributed by atoms with Gasteiger partial charge in [-0.2, -0.15) is 0 Å². The maximum absolute atomic E-state index is 11.7. The van der Waals surface area contributed by atoms with E-state index < -0.39 is 5.97 Å². The lowest BCUT2D eigenvalue weighted by Gasteiger charge is -2.24. The summed E-state index contributed by atoms with van der Waals surface area (Å²) in [5, 5.41) is 9.63. The molecular formula is C21H22N2O2. The number of para-hydroxylation sites is 1. The van der Waals surface area contributed by atoms with Crippen LogP contribution in [0.25, 0.3) is 0 Å². The fraction of sp³-hybridized carbons (Fsp3) is 0.286. The molecule has 1 aliphatic rings. The van der Waals surface area contributed by atoms with E-state index in [0.29, 0.717) is 11.6 Å². The number of hydrogen-bond acceptors (Lipinski definition) is 3. The zero-order valence-corrected chi connectivity index (χ0v) is 14.6. The minimum absolute atomic E-state index is 0.319. The smallest absolute Gasteiger partial charge is 0.337 e. The summed E-state index contributed by atoms with van der Waals surface area (Å²) in [6, 6.07) is 15.5. The number of carboxylic acid groups (broad SMARTS) is 1. The van der Waals surface area contributed by atoms with Crippen LogP contribution in [0.1, 0.15) is 27.9 Å². The molecule has 128 valence electrons. The lowest BCUT2D eigenvalue weighted by atomic mass is 10.1. The zero-order chi connectivity index (χ0) is 17.8. The van der Waals surface area contributed by atoms with Crippen LogP contribution in [0.15, 0.2) is 48.5 Å². The lowest BCUT2D eigenvalue weighted by Crippen LogP contribution is -2.32. The Bertz CT molecular complexity index is 819. The van der Waals surface area contributed by atoms with Crippen molar-refractivity contribution >= 4 is 11.7 Å². The maximum atomic E-state index is 11.7. The van der Waals surface area contributed by atoms with Crippen molar-refractivity contribution < 1.29 is 9.90 Å². The van der Waals surface area contributed by atoms with Crippen molar-refractivity contribution in [3.63, 3.8) is 0 Å². The molecule has 0 radical (unpaired) electrons. The summed E-state index contributed by atoms with van der Waals surface area (Å²) < 4.78 is 0. The first kappa shape index (κ1) is 17.1. The number of rotatable bonds is 3. The number of carboxylic acids is 1. The van der Waals surface area contributed by atoms with Crippen LogP contribution in [-0.4, -0.2) is 49.2 Å². The van der Waals surface area contributed by atoms with Gasteiger partial charge >= 0.3 is 5.97 Å². The summed E-state index contributed by atoms with van der Waals surface area (Å²) in [5.74, 6) is 5.41. The van der Waals surface area contributed by atoms with Gasteiger partial charge in [0.2, 0.25) is 0 Å².